The zero-order valence-corrected chi connectivity index (χ0v) is 19.4. The first kappa shape index (κ1) is 23.3. The first-order chi connectivity index (χ1) is 16.2. The number of sulfonamides is 1. The Hall–Kier alpha value is -3.89. The van der Waals surface area contributed by atoms with Gasteiger partial charge >= 0.3 is 0 Å². The van der Waals surface area contributed by atoms with Crippen molar-refractivity contribution >= 4 is 43.9 Å². The van der Waals surface area contributed by atoms with E-state index in [-0.39, 0.29) is 27.1 Å². The molecule has 172 valence electrons. The average molecular weight is 496 g/mol. The molecular formula is C24H18FN3O4S2. The molecule has 2 N–H and O–H groups in total. The minimum atomic E-state index is -4.06. The predicted molar refractivity (Wildman–Crippen MR) is 129 cm³/mol. The molecule has 0 aliphatic heterocycles. The van der Waals surface area contributed by atoms with Crippen LogP contribution in [-0.4, -0.2) is 25.1 Å². The molecule has 0 fully saturated rings. The Morgan fingerprint density at radius 3 is 2.24 bits per heavy atom. The molecular weight excluding hydrogens is 477 g/mol. The summed E-state index contributed by atoms with van der Waals surface area (Å²) in [5, 5.41) is 2.85. The number of nitrogens with one attached hydrogen (secondary N) is 2. The van der Waals surface area contributed by atoms with E-state index in [2.05, 4.69) is 15.0 Å². The second-order valence-electron chi connectivity index (χ2n) is 7.18. The van der Waals surface area contributed by atoms with Crippen molar-refractivity contribution in [2.75, 3.05) is 10.0 Å². The van der Waals surface area contributed by atoms with Crippen molar-refractivity contribution in [2.24, 2.45) is 0 Å². The summed E-state index contributed by atoms with van der Waals surface area (Å²) in [6.45, 7) is 1.42. The lowest BCUT2D eigenvalue weighted by Gasteiger charge is -2.12. The molecule has 0 bridgehead atoms. The van der Waals surface area contributed by atoms with Gasteiger partial charge in [0.1, 0.15) is 5.82 Å². The van der Waals surface area contributed by atoms with Gasteiger partial charge in [-0.05, 0) is 36.4 Å². The Kier molecular flexibility index (Phi) is 6.53. The maximum Gasteiger partial charge on any atom is 0.261 e. The molecule has 0 saturated heterocycles. The van der Waals surface area contributed by atoms with Crippen LogP contribution < -0.4 is 10.0 Å². The lowest BCUT2D eigenvalue weighted by atomic mass is 10.1. The van der Waals surface area contributed by atoms with Crippen LogP contribution >= 0.6 is 11.3 Å². The fraction of sp³-hybridized carbons (Fsp3) is 0.0417. The summed E-state index contributed by atoms with van der Waals surface area (Å²) in [6, 6.07) is 19.5. The number of Topliss-reactive ketones (excluding diaryl/α,β-unsaturated/α-hetero) is 1. The molecule has 1 amide bonds. The van der Waals surface area contributed by atoms with E-state index in [1.165, 1.54) is 19.1 Å². The predicted octanol–water partition coefficient (Wildman–Crippen LogP) is 5.20. The first-order valence-electron chi connectivity index (χ1n) is 10.0. The Labute approximate surface area is 199 Å². The minimum absolute atomic E-state index is 0.0379. The highest BCUT2D eigenvalue weighted by Gasteiger charge is 2.21. The molecule has 0 atom stereocenters. The van der Waals surface area contributed by atoms with Crippen LogP contribution in [0.4, 0.5) is 15.2 Å². The molecule has 4 rings (SSSR count). The number of ketones is 1. The Morgan fingerprint density at radius 2 is 1.56 bits per heavy atom. The van der Waals surface area contributed by atoms with Crippen molar-refractivity contribution in [3.8, 4) is 11.3 Å². The largest absolute Gasteiger partial charge is 0.298 e. The Morgan fingerprint density at radius 1 is 0.912 bits per heavy atom. The monoisotopic (exact) mass is 495 g/mol. The van der Waals surface area contributed by atoms with E-state index in [4.69, 9.17) is 0 Å². The summed E-state index contributed by atoms with van der Waals surface area (Å²) in [5.74, 6) is -1.37. The van der Waals surface area contributed by atoms with E-state index in [0.29, 0.717) is 10.6 Å². The zero-order valence-electron chi connectivity index (χ0n) is 17.8. The van der Waals surface area contributed by atoms with Crippen molar-refractivity contribution < 1.29 is 22.4 Å². The standard InChI is InChI=1S/C24H18FN3O4S2/c1-15(29)22-21(16-7-3-2-4-8-16)26-24(33-22)27-23(30)19-9-5-6-10-20(19)28-34(31,32)18-13-11-17(25)12-14-18/h2-14,28H,1H3,(H,26,27,30). The summed E-state index contributed by atoms with van der Waals surface area (Å²) >= 11 is 1.04. The van der Waals surface area contributed by atoms with Crippen molar-refractivity contribution in [3.05, 3.63) is 95.1 Å². The smallest absolute Gasteiger partial charge is 0.261 e. The van der Waals surface area contributed by atoms with Crippen molar-refractivity contribution in [1.29, 1.82) is 0 Å². The second-order valence-corrected chi connectivity index (χ2v) is 9.86. The highest BCUT2D eigenvalue weighted by Crippen LogP contribution is 2.32. The van der Waals surface area contributed by atoms with Crippen LogP contribution in [0.2, 0.25) is 0 Å². The fourth-order valence-corrected chi connectivity index (χ4v) is 5.11. The van der Waals surface area contributed by atoms with Crippen LogP contribution in [0.3, 0.4) is 0 Å². The molecule has 34 heavy (non-hydrogen) atoms. The zero-order chi connectivity index (χ0) is 24.3. The summed E-state index contributed by atoms with van der Waals surface area (Å²) in [5.41, 5.74) is 1.28. The molecule has 7 nitrogen and oxygen atoms in total. The summed E-state index contributed by atoms with van der Waals surface area (Å²) < 4.78 is 41.0. The number of anilines is 2. The van der Waals surface area contributed by atoms with Crippen LogP contribution in [-0.2, 0) is 10.0 Å². The van der Waals surface area contributed by atoms with Gasteiger partial charge < -0.3 is 0 Å². The average Bonchev–Trinajstić information content (AvgIpc) is 3.24. The highest BCUT2D eigenvalue weighted by molar-refractivity contribution is 7.92. The van der Waals surface area contributed by atoms with Gasteiger partial charge in [-0.2, -0.15) is 0 Å². The quantitative estimate of drug-likeness (QED) is 0.343. The van der Waals surface area contributed by atoms with E-state index >= 15 is 0 Å². The molecule has 0 aliphatic carbocycles. The van der Waals surface area contributed by atoms with Gasteiger partial charge in [0.2, 0.25) is 0 Å². The summed E-state index contributed by atoms with van der Waals surface area (Å²) in [6.07, 6.45) is 0. The minimum Gasteiger partial charge on any atom is -0.298 e. The number of nitrogens with zero attached hydrogens (tertiary/aromatic N) is 1. The number of carbonyl (C=O) groups excluding carboxylic acids is 2. The van der Waals surface area contributed by atoms with Gasteiger partial charge in [0.25, 0.3) is 15.9 Å². The number of thiazole rings is 1. The normalized spacial score (nSPS) is 11.1. The van der Waals surface area contributed by atoms with Crippen LogP contribution in [0.15, 0.2) is 83.8 Å². The molecule has 4 aromatic rings. The number of rotatable bonds is 7. The lowest BCUT2D eigenvalue weighted by molar-refractivity contribution is 0.101. The molecule has 1 aromatic heterocycles. The summed E-state index contributed by atoms with van der Waals surface area (Å²) in [7, 11) is -4.06. The number of hydrogen-bond acceptors (Lipinski definition) is 6. The molecule has 3 aromatic carbocycles. The maximum atomic E-state index is 13.2. The Balaban J connectivity index is 1.62. The number of aromatic nitrogens is 1. The van der Waals surface area contributed by atoms with E-state index < -0.39 is 21.7 Å². The van der Waals surface area contributed by atoms with E-state index in [9.17, 15) is 22.4 Å². The van der Waals surface area contributed by atoms with Gasteiger partial charge in [-0.15, -0.1) is 0 Å². The SMILES string of the molecule is CC(=O)c1sc(NC(=O)c2ccccc2NS(=O)(=O)c2ccc(F)cc2)nc1-c1ccccc1. The lowest BCUT2D eigenvalue weighted by Crippen LogP contribution is -2.18. The van der Waals surface area contributed by atoms with Crippen molar-refractivity contribution in [1.82, 2.24) is 4.98 Å². The number of hydrogen-bond donors (Lipinski definition) is 2. The molecule has 0 unspecified atom stereocenters. The molecule has 0 spiro atoms. The van der Waals surface area contributed by atoms with E-state index in [1.54, 1.807) is 12.1 Å². The highest BCUT2D eigenvalue weighted by atomic mass is 32.2. The van der Waals surface area contributed by atoms with Crippen molar-refractivity contribution in [2.45, 2.75) is 11.8 Å². The first-order valence-corrected chi connectivity index (χ1v) is 12.3. The van der Waals surface area contributed by atoms with Gasteiger partial charge in [-0.25, -0.2) is 17.8 Å². The fourth-order valence-electron chi connectivity index (χ4n) is 3.16. The van der Waals surface area contributed by atoms with E-state index in [1.807, 2.05) is 30.3 Å². The van der Waals surface area contributed by atoms with Gasteiger partial charge in [-0.1, -0.05) is 53.8 Å². The summed E-state index contributed by atoms with van der Waals surface area (Å²) in [4.78, 5) is 29.8. The van der Waals surface area contributed by atoms with E-state index in [0.717, 1.165) is 41.2 Å². The number of para-hydroxylation sites is 1. The molecule has 0 saturated carbocycles. The molecule has 1 heterocycles. The molecule has 10 heteroatoms. The molecule has 0 radical (unpaired) electrons. The Bertz CT molecular complexity index is 1470. The number of benzene rings is 3. The van der Waals surface area contributed by atoms with Crippen LogP contribution in [0.5, 0.6) is 0 Å². The van der Waals surface area contributed by atoms with Crippen molar-refractivity contribution in [3.63, 3.8) is 0 Å². The second kappa shape index (κ2) is 9.54. The number of carbonyl (C=O) groups is 2. The van der Waals surface area contributed by atoms with Gasteiger partial charge in [0, 0.05) is 12.5 Å². The number of amides is 1. The van der Waals surface area contributed by atoms with Gasteiger partial charge in [0.15, 0.2) is 10.9 Å². The van der Waals surface area contributed by atoms with Crippen LogP contribution in [0, 0.1) is 5.82 Å². The van der Waals surface area contributed by atoms with Crippen LogP contribution in [0.25, 0.3) is 11.3 Å². The van der Waals surface area contributed by atoms with Gasteiger partial charge in [0.05, 0.1) is 26.7 Å². The third-order valence-electron chi connectivity index (χ3n) is 4.75. The van der Waals surface area contributed by atoms with Crippen LogP contribution in [0.1, 0.15) is 27.0 Å². The third-order valence-corrected chi connectivity index (χ3v) is 7.21. The number of halogens is 1. The third kappa shape index (κ3) is 5.03. The molecule has 0 aliphatic rings. The topological polar surface area (TPSA) is 105 Å². The maximum absolute atomic E-state index is 13.2. The van der Waals surface area contributed by atoms with Gasteiger partial charge in [-0.3, -0.25) is 19.6 Å².